The number of hydrogen-bond donors (Lipinski definition) is 3. The van der Waals surface area contributed by atoms with Crippen LogP contribution in [0.25, 0.3) is 0 Å². The van der Waals surface area contributed by atoms with Gasteiger partial charge in [0, 0.05) is 4.47 Å². The largest absolute Gasteiger partial charge is 0.506 e. The van der Waals surface area contributed by atoms with E-state index in [4.69, 9.17) is 5.73 Å². The first kappa shape index (κ1) is 16.2. The van der Waals surface area contributed by atoms with E-state index in [1.807, 2.05) is 6.92 Å². The fourth-order valence-electron chi connectivity index (χ4n) is 1.28. The zero-order valence-electron chi connectivity index (χ0n) is 9.44. The Hall–Kier alpha value is -0.780. The lowest BCUT2D eigenvalue weighted by Crippen LogP contribution is -2.35. The topological polar surface area (TPSA) is 75.4 Å². The molecule has 0 aliphatic rings. The SMILES string of the molecule is CCCC(N)C(=O)Nc1cc(Br)ccc1O.Cl. The molecule has 1 amide bonds. The Morgan fingerprint density at radius 2 is 2.24 bits per heavy atom. The van der Waals surface area contributed by atoms with Gasteiger partial charge >= 0.3 is 0 Å². The molecule has 1 atom stereocenters. The van der Waals surface area contributed by atoms with Gasteiger partial charge in [-0.25, -0.2) is 0 Å². The molecule has 0 saturated heterocycles. The van der Waals surface area contributed by atoms with E-state index in [1.54, 1.807) is 12.1 Å². The minimum Gasteiger partial charge on any atom is -0.506 e. The number of carbonyl (C=O) groups excluding carboxylic acids is 1. The molecule has 1 aromatic carbocycles. The molecule has 0 fully saturated rings. The molecule has 6 heteroatoms. The van der Waals surface area contributed by atoms with Crippen molar-refractivity contribution in [1.82, 2.24) is 0 Å². The zero-order chi connectivity index (χ0) is 12.1. The number of nitrogens with one attached hydrogen (secondary N) is 1. The van der Waals surface area contributed by atoms with Gasteiger partial charge in [0.05, 0.1) is 11.7 Å². The minimum absolute atomic E-state index is 0. The summed E-state index contributed by atoms with van der Waals surface area (Å²) in [5.41, 5.74) is 6.02. The number of amides is 1. The summed E-state index contributed by atoms with van der Waals surface area (Å²) in [5.74, 6) is -0.254. The average Bonchev–Trinajstić information content (AvgIpc) is 2.23. The van der Waals surface area contributed by atoms with E-state index in [2.05, 4.69) is 21.2 Å². The van der Waals surface area contributed by atoms with Crippen molar-refractivity contribution in [2.45, 2.75) is 25.8 Å². The summed E-state index contributed by atoms with van der Waals surface area (Å²) in [4.78, 5) is 11.6. The second-order valence-electron chi connectivity index (χ2n) is 3.55. The van der Waals surface area contributed by atoms with E-state index < -0.39 is 6.04 Å². The number of carbonyl (C=O) groups is 1. The van der Waals surface area contributed by atoms with Crippen molar-refractivity contribution in [3.63, 3.8) is 0 Å². The number of phenols is 1. The summed E-state index contributed by atoms with van der Waals surface area (Å²) in [6, 6.07) is 4.29. The van der Waals surface area contributed by atoms with Gasteiger partial charge in [-0.2, -0.15) is 0 Å². The Labute approximate surface area is 115 Å². The van der Waals surface area contributed by atoms with Gasteiger partial charge in [0.2, 0.25) is 5.91 Å². The third-order valence-electron chi connectivity index (χ3n) is 2.15. The number of anilines is 1. The lowest BCUT2D eigenvalue weighted by atomic mass is 10.1. The van der Waals surface area contributed by atoms with E-state index in [-0.39, 0.29) is 24.1 Å². The normalized spacial score (nSPS) is 11.5. The molecule has 0 saturated carbocycles. The predicted octanol–water partition coefficient (Wildman–Crippen LogP) is 2.64. The summed E-state index contributed by atoms with van der Waals surface area (Å²) < 4.78 is 0.782. The van der Waals surface area contributed by atoms with Crippen LogP contribution in [-0.4, -0.2) is 17.1 Å². The molecule has 4 N–H and O–H groups in total. The maximum Gasteiger partial charge on any atom is 0.241 e. The van der Waals surface area contributed by atoms with Crippen LogP contribution >= 0.6 is 28.3 Å². The summed E-state index contributed by atoms with van der Waals surface area (Å²) in [6.07, 6.45) is 1.47. The van der Waals surface area contributed by atoms with Gasteiger partial charge in [0.1, 0.15) is 5.75 Å². The maximum absolute atomic E-state index is 11.6. The second-order valence-corrected chi connectivity index (χ2v) is 4.46. The first-order valence-electron chi connectivity index (χ1n) is 5.09. The van der Waals surface area contributed by atoms with Crippen molar-refractivity contribution < 1.29 is 9.90 Å². The molecule has 96 valence electrons. The highest BCUT2D eigenvalue weighted by atomic mass is 79.9. The highest BCUT2D eigenvalue weighted by Crippen LogP contribution is 2.26. The second kappa shape index (κ2) is 7.53. The van der Waals surface area contributed by atoms with Gasteiger partial charge in [-0.05, 0) is 24.6 Å². The Morgan fingerprint density at radius 1 is 1.59 bits per heavy atom. The molecule has 1 unspecified atom stereocenters. The zero-order valence-corrected chi connectivity index (χ0v) is 11.8. The van der Waals surface area contributed by atoms with E-state index in [0.29, 0.717) is 12.1 Å². The Morgan fingerprint density at radius 3 is 2.82 bits per heavy atom. The van der Waals surface area contributed by atoms with Crippen molar-refractivity contribution >= 4 is 39.9 Å². The third-order valence-corrected chi connectivity index (χ3v) is 2.65. The maximum atomic E-state index is 11.6. The molecule has 1 aromatic rings. The number of nitrogens with two attached hydrogens (primary N) is 1. The first-order chi connectivity index (χ1) is 7.54. The summed E-state index contributed by atoms with van der Waals surface area (Å²) in [5, 5.41) is 12.1. The molecule has 17 heavy (non-hydrogen) atoms. The molecule has 0 aliphatic carbocycles. The number of rotatable bonds is 4. The molecule has 0 aromatic heterocycles. The van der Waals surface area contributed by atoms with Gasteiger partial charge in [0.25, 0.3) is 0 Å². The molecule has 0 aliphatic heterocycles. The lowest BCUT2D eigenvalue weighted by Gasteiger charge is -2.12. The van der Waals surface area contributed by atoms with Gasteiger partial charge < -0.3 is 16.2 Å². The molecule has 0 spiro atoms. The Kier molecular flexibility index (Phi) is 7.18. The Bertz CT molecular complexity index is 388. The molecule has 0 radical (unpaired) electrons. The van der Waals surface area contributed by atoms with Crippen molar-refractivity contribution in [2.75, 3.05) is 5.32 Å². The van der Waals surface area contributed by atoms with Crippen LogP contribution in [-0.2, 0) is 4.79 Å². The van der Waals surface area contributed by atoms with Crippen molar-refractivity contribution in [3.05, 3.63) is 22.7 Å². The summed E-state index contributed by atoms with van der Waals surface area (Å²) in [7, 11) is 0. The molecular weight excluding hydrogens is 307 g/mol. The Balaban J connectivity index is 0.00000256. The van der Waals surface area contributed by atoms with E-state index >= 15 is 0 Å². The number of hydrogen-bond acceptors (Lipinski definition) is 3. The van der Waals surface area contributed by atoms with Gasteiger partial charge in [-0.1, -0.05) is 29.3 Å². The fraction of sp³-hybridized carbons (Fsp3) is 0.364. The van der Waals surface area contributed by atoms with Crippen LogP contribution in [0.4, 0.5) is 5.69 Å². The highest BCUT2D eigenvalue weighted by Gasteiger charge is 2.14. The van der Waals surface area contributed by atoms with E-state index in [1.165, 1.54) is 6.07 Å². The van der Waals surface area contributed by atoms with Crippen molar-refractivity contribution in [1.29, 1.82) is 0 Å². The number of phenolic OH excluding ortho intramolecular Hbond substituents is 1. The minimum atomic E-state index is -0.539. The van der Waals surface area contributed by atoms with Gasteiger partial charge in [-0.15, -0.1) is 12.4 Å². The third kappa shape index (κ3) is 4.93. The quantitative estimate of drug-likeness (QED) is 0.746. The van der Waals surface area contributed by atoms with E-state index in [9.17, 15) is 9.90 Å². The van der Waals surface area contributed by atoms with Crippen LogP contribution < -0.4 is 11.1 Å². The molecule has 0 heterocycles. The van der Waals surface area contributed by atoms with Gasteiger partial charge in [-0.3, -0.25) is 4.79 Å². The molecule has 1 rings (SSSR count). The van der Waals surface area contributed by atoms with E-state index in [0.717, 1.165) is 10.9 Å². The van der Waals surface area contributed by atoms with Crippen molar-refractivity contribution in [2.24, 2.45) is 5.73 Å². The first-order valence-corrected chi connectivity index (χ1v) is 5.89. The summed E-state index contributed by atoms with van der Waals surface area (Å²) in [6.45, 7) is 1.96. The van der Waals surface area contributed by atoms with Crippen LogP contribution in [0.2, 0.25) is 0 Å². The van der Waals surface area contributed by atoms with Crippen LogP contribution in [0.5, 0.6) is 5.75 Å². The van der Waals surface area contributed by atoms with Crippen LogP contribution in [0.15, 0.2) is 22.7 Å². The monoisotopic (exact) mass is 322 g/mol. The van der Waals surface area contributed by atoms with Gasteiger partial charge in [0.15, 0.2) is 0 Å². The lowest BCUT2D eigenvalue weighted by molar-refractivity contribution is -0.117. The predicted molar refractivity (Wildman–Crippen MR) is 74.6 cm³/mol. The van der Waals surface area contributed by atoms with Crippen molar-refractivity contribution in [3.8, 4) is 5.75 Å². The molecule has 4 nitrogen and oxygen atoms in total. The van der Waals surface area contributed by atoms with Crippen LogP contribution in [0.3, 0.4) is 0 Å². The fourth-order valence-corrected chi connectivity index (χ4v) is 1.64. The standard InChI is InChI=1S/C11H15BrN2O2.ClH/c1-2-3-8(13)11(16)14-9-6-7(12)4-5-10(9)15;/h4-6,8,15H,2-3,13H2,1H3,(H,14,16);1H. The number of aromatic hydroxyl groups is 1. The highest BCUT2D eigenvalue weighted by molar-refractivity contribution is 9.10. The molecule has 0 bridgehead atoms. The number of benzene rings is 1. The average molecular weight is 324 g/mol. The molecular formula is C11H16BrClN2O2. The number of halogens is 2. The summed E-state index contributed by atoms with van der Waals surface area (Å²) >= 11 is 3.26. The van der Waals surface area contributed by atoms with Crippen LogP contribution in [0, 0.1) is 0 Å². The van der Waals surface area contributed by atoms with Crippen LogP contribution in [0.1, 0.15) is 19.8 Å². The smallest absolute Gasteiger partial charge is 0.241 e.